The van der Waals surface area contributed by atoms with Gasteiger partial charge in [-0.15, -0.1) is 0 Å². The Morgan fingerprint density at radius 3 is 2.50 bits per heavy atom. The van der Waals surface area contributed by atoms with Gasteiger partial charge in [-0.3, -0.25) is 4.21 Å². The van der Waals surface area contributed by atoms with Gasteiger partial charge in [0, 0.05) is 36.0 Å². The van der Waals surface area contributed by atoms with Gasteiger partial charge >= 0.3 is 0 Å². The van der Waals surface area contributed by atoms with E-state index in [-0.39, 0.29) is 0 Å². The van der Waals surface area contributed by atoms with E-state index in [1.54, 1.807) is 7.11 Å². The summed E-state index contributed by atoms with van der Waals surface area (Å²) in [7, 11) is 0.926. The van der Waals surface area contributed by atoms with Gasteiger partial charge in [-0.1, -0.05) is 0 Å². The molecule has 1 unspecified atom stereocenters. The van der Waals surface area contributed by atoms with E-state index >= 15 is 0 Å². The molecule has 1 atom stereocenters. The van der Waals surface area contributed by atoms with Gasteiger partial charge in [-0.25, -0.2) is 0 Å². The van der Waals surface area contributed by atoms with Crippen molar-refractivity contribution in [1.82, 2.24) is 0 Å². The Kier molecular flexibility index (Phi) is 11.1. The molecule has 0 bridgehead atoms. The summed E-state index contributed by atoms with van der Waals surface area (Å²) in [6.07, 6.45) is 1.69. The summed E-state index contributed by atoms with van der Waals surface area (Å²) < 4.78 is 21.3. The number of hydrogen-bond acceptors (Lipinski definition) is 4. The lowest BCUT2D eigenvalue weighted by atomic mass is 10.5. The SMILES string of the molecule is COCCOCCCS(=O)CCCN. The van der Waals surface area contributed by atoms with Gasteiger partial charge < -0.3 is 15.2 Å². The van der Waals surface area contributed by atoms with Crippen LogP contribution < -0.4 is 5.73 Å². The Bertz CT molecular complexity index is 144. The standard InChI is InChI=1S/C9H21NO3S/c1-12-6-7-13-5-3-9-14(11)8-2-4-10/h2-10H2,1H3. The minimum absolute atomic E-state index is 0.617. The molecule has 0 amide bonds. The average molecular weight is 223 g/mol. The van der Waals surface area contributed by atoms with E-state index in [1.807, 2.05) is 0 Å². The summed E-state index contributed by atoms with van der Waals surface area (Å²) in [5.41, 5.74) is 5.31. The van der Waals surface area contributed by atoms with Crippen molar-refractivity contribution in [3.63, 3.8) is 0 Å². The lowest BCUT2D eigenvalue weighted by Gasteiger charge is -2.03. The quantitative estimate of drug-likeness (QED) is 0.535. The fourth-order valence-corrected chi connectivity index (χ4v) is 2.05. The predicted octanol–water partition coefficient (Wildman–Crippen LogP) is 0.137. The van der Waals surface area contributed by atoms with Crippen LogP contribution in [0.1, 0.15) is 12.8 Å². The Morgan fingerprint density at radius 1 is 1.14 bits per heavy atom. The van der Waals surface area contributed by atoms with Crippen molar-refractivity contribution in [2.45, 2.75) is 12.8 Å². The zero-order chi connectivity index (χ0) is 10.6. The predicted molar refractivity (Wildman–Crippen MR) is 58.9 cm³/mol. The van der Waals surface area contributed by atoms with Crippen molar-refractivity contribution in [2.75, 3.05) is 45.0 Å². The zero-order valence-electron chi connectivity index (χ0n) is 8.87. The highest BCUT2D eigenvalue weighted by molar-refractivity contribution is 7.84. The van der Waals surface area contributed by atoms with Crippen LogP contribution in [0.2, 0.25) is 0 Å². The third-order valence-corrected chi connectivity index (χ3v) is 3.16. The molecule has 0 saturated heterocycles. The van der Waals surface area contributed by atoms with Crippen LogP contribution in [0.5, 0.6) is 0 Å². The molecule has 0 aliphatic rings. The largest absolute Gasteiger partial charge is 0.382 e. The second-order valence-electron chi connectivity index (χ2n) is 2.95. The maximum atomic E-state index is 11.3. The molecule has 0 saturated carbocycles. The van der Waals surface area contributed by atoms with E-state index in [2.05, 4.69) is 0 Å². The Hall–Kier alpha value is 0.0300. The molecular weight excluding hydrogens is 202 g/mol. The molecule has 0 heterocycles. The van der Waals surface area contributed by atoms with Crippen LogP contribution in [0, 0.1) is 0 Å². The summed E-state index contributed by atoms with van der Waals surface area (Å²) in [6, 6.07) is 0. The first-order valence-electron chi connectivity index (χ1n) is 4.93. The molecule has 0 radical (unpaired) electrons. The molecule has 0 fully saturated rings. The van der Waals surface area contributed by atoms with E-state index in [9.17, 15) is 4.21 Å². The highest BCUT2D eigenvalue weighted by atomic mass is 32.2. The molecule has 2 N–H and O–H groups in total. The molecule has 0 aromatic carbocycles. The number of nitrogens with two attached hydrogens (primary N) is 1. The maximum absolute atomic E-state index is 11.3. The highest BCUT2D eigenvalue weighted by Gasteiger charge is 1.98. The van der Waals surface area contributed by atoms with Crippen LogP contribution in [-0.4, -0.2) is 49.2 Å². The smallest absolute Gasteiger partial charge is 0.0700 e. The summed E-state index contributed by atoms with van der Waals surface area (Å²) in [5, 5.41) is 0. The third-order valence-electron chi connectivity index (χ3n) is 1.67. The Labute approximate surface area is 88.6 Å². The average Bonchev–Trinajstić information content (AvgIpc) is 2.20. The van der Waals surface area contributed by atoms with Crippen molar-refractivity contribution in [2.24, 2.45) is 5.73 Å². The number of rotatable bonds is 10. The number of hydrogen-bond donors (Lipinski definition) is 1. The van der Waals surface area contributed by atoms with Crippen molar-refractivity contribution in [3.8, 4) is 0 Å². The van der Waals surface area contributed by atoms with E-state index in [4.69, 9.17) is 15.2 Å². The monoisotopic (exact) mass is 223 g/mol. The summed E-state index contributed by atoms with van der Waals surface area (Å²) >= 11 is 0. The van der Waals surface area contributed by atoms with Crippen molar-refractivity contribution < 1.29 is 13.7 Å². The Morgan fingerprint density at radius 2 is 1.86 bits per heavy atom. The van der Waals surface area contributed by atoms with E-state index in [0.29, 0.717) is 37.9 Å². The molecule has 0 rings (SSSR count). The summed E-state index contributed by atoms with van der Waals surface area (Å²) in [4.78, 5) is 0. The van der Waals surface area contributed by atoms with Crippen LogP contribution in [-0.2, 0) is 20.3 Å². The minimum Gasteiger partial charge on any atom is -0.382 e. The molecule has 14 heavy (non-hydrogen) atoms. The van der Waals surface area contributed by atoms with Gasteiger partial charge in [-0.05, 0) is 19.4 Å². The van der Waals surface area contributed by atoms with Crippen molar-refractivity contribution in [3.05, 3.63) is 0 Å². The highest BCUT2D eigenvalue weighted by Crippen LogP contribution is 1.91. The van der Waals surface area contributed by atoms with Gasteiger partial charge in [0.25, 0.3) is 0 Å². The van der Waals surface area contributed by atoms with E-state index in [1.165, 1.54) is 0 Å². The number of methoxy groups -OCH3 is 1. The molecule has 86 valence electrons. The molecule has 0 aliphatic heterocycles. The first-order chi connectivity index (χ1) is 6.81. The van der Waals surface area contributed by atoms with E-state index < -0.39 is 10.8 Å². The molecule has 4 nitrogen and oxygen atoms in total. The third kappa shape index (κ3) is 10.1. The first-order valence-corrected chi connectivity index (χ1v) is 6.41. The van der Waals surface area contributed by atoms with Crippen LogP contribution in [0.4, 0.5) is 0 Å². The van der Waals surface area contributed by atoms with Gasteiger partial charge in [-0.2, -0.15) is 0 Å². The fraction of sp³-hybridized carbons (Fsp3) is 1.00. The summed E-state index contributed by atoms with van der Waals surface area (Å²) in [6.45, 7) is 2.52. The van der Waals surface area contributed by atoms with Gasteiger partial charge in [0.05, 0.1) is 13.2 Å². The minimum atomic E-state index is -0.718. The lowest BCUT2D eigenvalue weighted by Crippen LogP contribution is -2.10. The van der Waals surface area contributed by atoms with Crippen LogP contribution in [0.3, 0.4) is 0 Å². The van der Waals surface area contributed by atoms with Gasteiger partial charge in [0.2, 0.25) is 0 Å². The topological polar surface area (TPSA) is 61.5 Å². The molecule has 0 aromatic heterocycles. The second-order valence-corrected chi connectivity index (χ2v) is 4.65. The van der Waals surface area contributed by atoms with Crippen LogP contribution in [0.15, 0.2) is 0 Å². The van der Waals surface area contributed by atoms with Crippen molar-refractivity contribution in [1.29, 1.82) is 0 Å². The fourth-order valence-electron chi connectivity index (χ4n) is 0.913. The van der Waals surface area contributed by atoms with Gasteiger partial charge in [0.15, 0.2) is 0 Å². The molecular formula is C9H21NO3S. The molecule has 0 aromatic rings. The van der Waals surface area contributed by atoms with E-state index in [0.717, 1.165) is 12.8 Å². The van der Waals surface area contributed by atoms with Crippen LogP contribution >= 0.6 is 0 Å². The van der Waals surface area contributed by atoms with Crippen LogP contribution in [0.25, 0.3) is 0 Å². The zero-order valence-corrected chi connectivity index (χ0v) is 9.68. The van der Waals surface area contributed by atoms with Crippen molar-refractivity contribution >= 4 is 10.8 Å². The lowest BCUT2D eigenvalue weighted by molar-refractivity contribution is 0.0713. The first kappa shape index (κ1) is 14.0. The maximum Gasteiger partial charge on any atom is 0.0700 e. The summed E-state index contributed by atoms with van der Waals surface area (Å²) in [5.74, 6) is 1.43. The van der Waals surface area contributed by atoms with Gasteiger partial charge in [0.1, 0.15) is 0 Å². The normalized spacial score (nSPS) is 13.0. The molecule has 0 spiro atoms. The number of ether oxygens (including phenoxy) is 2. The Balaban J connectivity index is 3.07. The molecule has 5 heteroatoms. The second kappa shape index (κ2) is 11.1. The molecule has 0 aliphatic carbocycles.